The van der Waals surface area contributed by atoms with Gasteiger partial charge in [0, 0.05) is 18.5 Å². The van der Waals surface area contributed by atoms with Crippen molar-refractivity contribution in [1.82, 2.24) is 9.88 Å². The lowest BCUT2D eigenvalue weighted by Crippen LogP contribution is -2.27. The van der Waals surface area contributed by atoms with Crippen molar-refractivity contribution in [3.63, 3.8) is 0 Å². The predicted octanol–water partition coefficient (Wildman–Crippen LogP) is 4.31. The molecule has 118 valence electrons. The van der Waals surface area contributed by atoms with Crippen LogP contribution in [0.15, 0.2) is 45.5 Å². The molecular formula is C17H14BrFN2O2. The van der Waals surface area contributed by atoms with Crippen molar-refractivity contribution in [3.8, 4) is 0 Å². The van der Waals surface area contributed by atoms with Gasteiger partial charge in [-0.25, -0.2) is 4.39 Å². The zero-order valence-electron chi connectivity index (χ0n) is 12.6. The highest BCUT2D eigenvalue weighted by atomic mass is 79.9. The topological polar surface area (TPSA) is 46.3 Å². The minimum Gasteiger partial charge on any atom is -0.452 e. The van der Waals surface area contributed by atoms with E-state index in [2.05, 4.69) is 20.9 Å². The Bertz CT molecular complexity index is 891. The third-order valence-corrected chi connectivity index (χ3v) is 4.00. The summed E-state index contributed by atoms with van der Waals surface area (Å²) in [6.45, 7) is 2.10. The Balaban J connectivity index is 1.90. The first kappa shape index (κ1) is 15.7. The molecule has 0 bridgehead atoms. The fourth-order valence-corrected chi connectivity index (χ4v) is 2.74. The number of carbonyl (C=O) groups is 1. The van der Waals surface area contributed by atoms with E-state index in [0.29, 0.717) is 33.7 Å². The van der Waals surface area contributed by atoms with E-state index in [4.69, 9.17) is 4.42 Å². The van der Waals surface area contributed by atoms with E-state index in [-0.39, 0.29) is 11.7 Å². The van der Waals surface area contributed by atoms with E-state index in [0.717, 1.165) is 5.39 Å². The lowest BCUT2D eigenvalue weighted by atomic mass is 10.1. The highest BCUT2D eigenvalue weighted by molar-refractivity contribution is 9.10. The monoisotopic (exact) mass is 376 g/mol. The average Bonchev–Trinajstić information content (AvgIpc) is 2.90. The number of nitrogens with zero attached hydrogens (tertiary/aromatic N) is 2. The van der Waals surface area contributed by atoms with Gasteiger partial charge in [0.05, 0.1) is 23.3 Å². The average molecular weight is 377 g/mol. The van der Waals surface area contributed by atoms with E-state index in [1.54, 1.807) is 37.1 Å². The molecule has 0 fully saturated rings. The molecule has 3 rings (SSSR count). The Hall–Kier alpha value is -2.21. The van der Waals surface area contributed by atoms with Crippen LogP contribution < -0.4 is 0 Å². The smallest absolute Gasteiger partial charge is 0.255 e. The summed E-state index contributed by atoms with van der Waals surface area (Å²) in [5.74, 6) is 0.180. The number of pyridine rings is 1. The van der Waals surface area contributed by atoms with Gasteiger partial charge in [0.2, 0.25) is 0 Å². The Morgan fingerprint density at radius 3 is 2.78 bits per heavy atom. The van der Waals surface area contributed by atoms with Gasteiger partial charge in [-0.05, 0) is 53.2 Å². The summed E-state index contributed by atoms with van der Waals surface area (Å²) in [4.78, 5) is 18.5. The van der Waals surface area contributed by atoms with Crippen LogP contribution in [0.25, 0.3) is 10.9 Å². The molecular weight excluding hydrogens is 363 g/mol. The van der Waals surface area contributed by atoms with Crippen molar-refractivity contribution in [2.45, 2.75) is 13.5 Å². The molecule has 0 saturated heterocycles. The van der Waals surface area contributed by atoms with E-state index in [1.165, 1.54) is 12.1 Å². The molecule has 0 aliphatic rings. The number of hydrogen-bond acceptors (Lipinski definition) is 3. The Kier molecular flexibility index (Phi) is 4.17. The Morgan fingerprint density at radius 2 is 2.09 bits per heavy atom. The van der Waals surface area contributed by atoms with E-state index in [1.807, 2.05) is 6.07 Å². The number of halogens is 2. The largest absolute Gasteiger partial charge is 0.452 e. The minimum atomic E-state index is -0.344. The van der Waals surface area contributed by atoms with Crippen LogP contribution >= 0.6 is 15.9 Å². The number of furan rings is 1. The van der Waals surface area contributed by atoms with Crippen LogP contribution in [-0.4, -0.2) is 22.8 Å². The number of rotatable bonds is 3. The van der Waals surface area contributed by atoms with Gasteiger partial charge in [0.25, 0.3) is 5.91 Å². The first-order valence-corrected chi connectivity index (χ1v) is 7.80. The standard InChI is InChI=1S/C17H14BrFN2O2/c1-10-14(7-11-3-4-12(19)8-15(11)20-10)17(22)21(2)9-13-5-6-16(18)23-13/h3-8H,9H2,1-2H3. The zero-order valence-corrected chi connectivity index (χ0v) is 14.2. The highest BCUT2D eigenvalue weighted by Gasteiger charge is 2.17. The third-order valence-electron chi connectivity index (χ3n) is 3.57. The van der Waals surface area contributed by atoms with Gasteiger partial charge in [0.1, 0.15) is 11.6 Å². The second-order valence-corrected chi connectivity index (χ2v) is 6.11. The summed E-state index contributed by atoms with van der Waals surface area (Å²) in [7, 11) is 1.70. The lowest BCUT2D eigenvalue weighted by Gasteiger charge is -2.17. The summed E-state index contributed by atoms with van der Waals surface area (Å²) in [6.07, 6.45) is 0. The molecule has 23 heavy (non-hydrogen) atoms. The molecule has 0 saturated carbocycles. The molecule has 0 spiro atoms. The predicted molar refractivity (Wildman–Crippen MR) is 88.6 cm³/mol. The minimum absolute atomic E-state index is 0.159. The number of hydrogen-bond donors (Lipinski definition) is 0. The second kappa shape index (κ2) is 6.12. The SMILES string of the molecule is Cc1nc2cc(F)ccc2cc1C(=O)N(C)Cc1ccc(Br)o1. The van der Waals surface area contributed by atoms with Crippen LogP contribution in [-0.2, 0) is 6.54 Å². The van der Waals surface area contributed by atoms with Crippen molar-refractivity contribution in [1.29, 1.82) is 0 Å². The molecule has 3 aromatic rings. The number of carbonyl (C=O) groups excluding carboxylic acids is 1. The number of amides is 1. The zero-order chi connectivity index (χ0) is 16.6. The summed E-state index contributed by atoms with van der Waals surface area (Å²) in [5, 5.41) is 0.731. The first-order valence-electron chi connectivity index (χ1n) is 7.00. The normalized spacial score (nSPS) is 11.0. The van der Waals surface area contributed by atoms with E-state index in [9.17, 15) is 9.18 Å². The molecule has 0 aliphatic carbocycles. The highest BCUT2D eigenvalue weighted by Crippen LogP contribution is 2.20. The Morgan fingerprint density at radius 1 is 1.30 bits per heavy atom. The number of benzene rings is 1. The summed E-state index contributed by atoms with van der Waals surface area (Å²) in [6, 6.07) is 9.68. The molecule has 6 heteroatoms. The molecule has 0 unspecified atom stereocenters. The van der Waals surface area contributed by atoms with Gasteiger partial charge in [0.15, 0.2) is 4.67 Å². The van der Waals surface area contributed by atoms with E-state index < -0.39 is 0 Å². The molecule has 0 radical (unpaired) electrons. The quantitative estimate of drug-likeness (QED) is 0.684. The van der Waals surface area contributed by atoms with Crippen molar-refractivity contribution in [3.05, 3.63) is 63.9 Å². The molecule has 0 aliphatic heterocycles. The lowest BCUT2D eigenvalue weighted by molar-refractivity contribution is 0.0774. The second-order valence-electron chi connectivity index (χ2n) is 5.33. The Labute approximate surface area is 141 Å². The van der Waals surface area contributed by atoms with Gasteiger partial charge in [-0.1, -0.05) is 0 Å². The number of aryl methyl sites for hydroxylation is 1. The third kappa shape index (κ3) is 3.27. The molecule has 0 atom stereocenters. The van der Waals surface area contributed by atoms with Gasteiger partial charge < -0.3 is 9.32 Å². The van der Waals surface area contributed by atoms with Gasteiger partial charge in [-0.2, -0.15) is 0 Å². The maximum Gasteiger partial charge on any atom is 0.255 e. The molecule has 1 amide bonds. The maximum absolute atomic E-state index is 13.3. The van der Waals surface area contributed by atoms with Crippen molar-refractivity contribution < 1.29 is 13.6 Å². The van der Waals surface area contributed by atoms with Crippen LogP contribution in [0.4, 0.5) is 4.39 Å². The van der Waals surface area contributed by atoms with Gasteiger partial charge in [-0.3, -0.25) is 9.78 Å². The number of aromatic nitrogens is 1. The van der Waals surface area contributed by atoms with Crippen LogP contribution in [0.1, 0.15) is 21.8 Å². The van der Waals surface area contributed by atoms with Crippen molar-refractivity contribution >= 4 is 32.7 Å². The molecule has 2 heterocycles. The van der Waals surface area contributed by atoms with Crippen molar-refractivity contribution in [2.75, 3.05) is 7.05 Å². The van der Waals surface area contributed by atoms with E-state index >= 15 is 0 Å². The molecule has 2 aromatic heterocycles. The molecule has 4 nitrogen and oxygen atoms in total. The molecule has 0 N–H and O–H groups in total. The fraction of sp³-hybridized carbons (Fsp3) is 0.176. The summed E-state index contributed by atoms with van der Waals surface area (Å²) in [5.41, 5.74) is 1.61. The van der Waals surface area contributed by atoms with Crippen LogP contribution in [0.2, 0.25) is 0 Å². The van der Waals surface area contributed by atoms with Gasteiger partial charge in [-0.15, -0.1) is 0 Å². The first-order chi connectivity index (χ1) is 10.9. The summed E-state index contributed by atoms with van der Waals surface area (Å²) >= 11 is 3.24. The van der Waals surface area contributed by atoms with Crippen molar-refractivity contribution in [2.24, 2.45) is 0 Å². The number of fused-ring (bicyclic) bond motifs is 1. The fourth-order valence-electron chi connectivity index (χ4n) is 2.40. The molecule has 1 aromatic carbocycles. The summed E-state index contributed by atoms with van der Waals surface area (Å²) < 4.78 is 19.3. The maximum atomic E-state index is 13.3. The van der Waals surface area contributed by atoms with Crippen LogP contribution in [0, 0.1) is 12.7 Å². The van der Waals surface area contributed by atoms with Crippen LogP contribution in [0.3, 0.4) is 0 Å². The van der Waals surface area contributed by atoms with Gasteiger partial charge >= 0.3 is 0 Å². The van der Waals surface area contributed by atoms with Crippen LogP contribution in [0.5, 0.6) is 0 Å².